The van der Waals surface area contributed by atoms with Gasteiger partial charge in [-0.05, 0) is 43.5 Å². The number of aliphatic carboxylic acids is 1. The van der Waals surface area contributed by atoms with Gasteiger partial charge in [-0.3, -0.25) is 14.6 Å². The Morgan fingerprint density at radius 2 is 2.23 bits per heavy atom. The van der Waals surface area contributed by atoms with Gasteiger partial charge in [-0.25, -0.2) is 4.39 Å². The van der Waals surface area contributed by atoms with E-state index in [0.717, 1.165) is 12.7 Å². The first kappa shape index (κ1) is 18.3. The lowest BCUT2D eigenvalue weighted by Crippen LogP contribution is -2.41. The van der Waals surface area contributed by atoms with Crippen LogP contribution in [0.4, 0.5) is 4.39 Å². The van der Waals surface area contributed by atoms with E-state index in [9.17, 15) is 19.1 Å². The Kier molecular flexibility index (Phi) is 5.46. The number of ketones is 1. The second-order valence-corrected chi connectivity index (χ2v) is 6.52. The second-order valence-electron chi connectivity index (χ2n) is 6.52. The zero-order valence-corrected chi connectivity index (χ0v) is 14.5. The van der Waals surface area contributed by atoms with Crippen LogP contribution in [0.15, 0.2) is 24.4 Å². The number of carbonyl (C=O) groups excluding carboxylic acids is 1. The molecule has 2 atom stereocenters. The summed E-state index contributed by atoms with van der Waals surface area (Å²) in [7, 11) is 1.50. The first-order chi connectivity index (χ1) is 12.5. The number of hydrogen-bond donors (Lipinski definition) is 2. The fourth-order valence-corrected chi connectivity index (χ4v) is 3.55. The molecule has 26 heavy (non-hydrogen) atoms. The van der Waals surface area contributed by atoms with Crippen LogP contribution in [0, 0.1) is 17.7 Å². The number of methoxy groups -OCH3 is 1. The third-order valence-electron chi connectivity index (χ3n) is 4.99. The van der Waals surface area contributed by atoms with Crippen LogP contribution >= 0.6 is 0 Å². The Morgan fingerprint density at radius 1 is 1.42 bits per heavy atom. The number of hydrogen-bond acceptors (Lipinski definition) is 5. The molecule has 1 aliphatic heterocycles. The number of carbonyl (C=O) groups is 2. The number of Topliss-reactive ketones (excluding diaryl/α,β-unsaturated/α-hetero) is 1. The van der Waals surface area contributed by atoms with Gasteiger partial charge in [0.15, 0.2) is 11.6 Å². The Balaban J connectivity index is 1.83. The highest BCUT2D eigenvalue weighted by molar-refractivity contribution is 6.07. The summed E-state index contributed by atoms with van der Waals surface area (Å²) in [5.74, 6) is -1.97. The lowest BCUT2D eigenvalue weighted by Gasteiger charge is -2.29. The number of nitrogens with one attached hydrogen (secondary N) is 1. The Bertz CT molecular complexity index is 840. The first-order valence-electron chi connectivity index (χ1n) is 8.60. The van der Waals surface area contributed by atoms with E-state index in [1.165, 1.54) is 7.11 Å². The van der Waals surface area contributed by atoms with Gasteiger partial charge in [-0.1, -0.05) is 0 Å². The van der Waals surface area contributed by atoms with Crippen LogP contribution in [0.3, 0.4) is 0 Å². The van der Waals surface area contributed by atoms with Crippen molar-refractivity contribution in [3.63, 3.8) is 0 Å². The first-order valence-corrected chi connectivity index (χ1v) is 8.60. The average Bonchev–Trinajstić information content (AvgIpc) is 2.65. The molecule has 1 aromatic carbocycles. The van der Waals surface area contributed by atoms with E-state index < -0.39 is 17.7 Å². The number of aromatic nitrogens is 1. The largest absolute Gasteiger partial charge is 0.497 e. The molecule has 2 heterocycles. The van der Waals surface area contributed by atoms with Crippen molar-refractivity contribution in [2.45, 2.75) is 19.3 Å². The Morgan fingerprint density at radius 3 is 2.96 bits per heavy atom. The Labute approximate surface area is 150 Å². The van der Waals surface area contributed by atoms with Crippen molar-refractivity contribution in [3.05, 3.63) is 35.8 Å². The molecule has 1 fully saturated rings. The van der Waals surface area contributed by atoms with Crippen molar-refractivity contribution in [2.24, 2.45) is 11.8 Å². The smallest absolute Gasteiger partial charge is 0.308 e. The van der Waals surface area contributed by atoms with Crippen molar-refractivity contribution in [3.8, 4) is 5.75 Å². The molecule has 2 aromatic rings. The van der Waals surface area contributed by atoms with E-state index in [1.807, 2.05) is 0 Å². The summed E-state index contributed by atoms with van der Waals surface area (Å²) in [6, 6.07) is 4.98. The van der Waals surface area contributed by atoms with E-state index >= 15 is 0 Å². The van der Waals surface area contributed by atoms with Gasteiger partial charge in [0, 0.05) is 18.4 Å². The van der Waals surface area contributed by atoms with Crippen LogP contribution in [0.5, 0.6) is 5.75 Å². The van der Waals surface area contributed by atoms with Crippen LogP contribution in [0.2, 0.25) is 0 Å². The molecule has 1 aromatic heterocycles. The summed E-state index contributed by atoms with van der Waals surface area (Å²) in [6.07, 6.45) is 2.26. The van der Waals surface area contributed by atoms with Gasteiger partial charge in [0.25, 0.3) is 0 Å². The standard InChI is InChI=1S/C19H21FN2O4/c1-26-12-3-4-16-13(8-12)18(15(20)10-22-16)17(23)5-2-11-6-7-21-9-14(11)19(24)25/h3-4,8,10-11,14,21H,2,5-7,9H2,1H3,(H,24,25)/t11-,14+/m1/s1. The number of pyridine rings is 1. The summed E-state index contributed by atoms with van der Waals surface area (Å²) >= 11 is 0. The fourth-order valence-electron chi connectivity index (χ4n) is 3.55. The molecule has 0 radical (unpaired) electrons. The number of fused-ring (bicyclic) bond motifs is 1. The molecule has 3 rings (SSSR count). The van der Waals surface area contributed by atoms with Crippen molar-refractivity contribution >= 4 is 22.7 Å². The molecule has 0 bridgehead atoms. The second kappa shape index (κ2) is 7.78. The minimum Gasteiger partial charge on any atom is -0.497 e. The number of carboxylic acid groups (broad SMARTS) is 1. The molecule has 0 amide bonds. The molecule has 138 valence electrons. The summed E-state index contributed by atoms with van der Waals surface area (Å²) in [5.41, 5.74) is 0.510. The van der Waals surface area contributed by atoms with Crippen molar-refractivity contribution in [2.75, 3.05) is 20.2 Å². The zero-order chi connectivity index (χ0) is 18.7. The molecule has 0 aliphatic carbocycles. The third-order valence-corrected chi connectivity index (χ3v) is 4.99. The predicted molar refractivity (Wildman–Crippen MR) is 93.9 cm³/mol. The van der Waals surface area contributed by atoms with Gasteiger partial charge in [-0.15, -0.1) is 0 Å². The molecular formula is C19H21FN2O4. The van der Waals surface area contributed by atoms with Crippen LogP contribution in [0.1, 0.15) is 29.6 Å². The lowest BCUT2D eigenvalue weighted by atomic mass is 9.82. The maximum absolute atomic E-state index is 14.3. The number of rotatable bonds is 6. The van der Waals surface area contributed by atoms with Crippen molar-refractivity contribution in [1.29, 1.82) is 0 Å². The molecule has 0 unspecified atom stereocenters. The molecule has 1 saturated heterocycles. The predicted octanol–water partition coefficient (Wildman–Crippen LogP) is 2.66. The molecule has 6 nitrogen and oxygen atoms in total. The van der Waals surface area contributed by atoms with Gasteiger partial charge < -0.3 is 15.2 Å². The van der Waals surface area contributed by atoms with Gasteiger partial charge in [-0.2, -0.15) is 0 Å². The molecule has 7 heteroatoms. The molecular weight excluding hydrogens is 339 g/mol. The van der Waals surface area contributed by atoms with Crippen LogP contribution in [0.25, 0.3) is 10.9 Å². The molecule has 2 N–H and O–H groups in total. The minimum absolute atomic E-state index is 0.00490. The number of halogens is 1. The number of carboxylic acids is 1. The Hall–Kier alpha value is -2.54. The summed E-state index contributed by atoms with van der Waals surface area (Å²) in [4.78, 5) is 28.1. The topological polar surface area (TPSA) is 88.5 Å². The molecule has 1 aliphatic rings. The number of nitrogens with zero attached hydrogens (tertiary/aromatic N) is 1. The molecule has 0 saturated carbocycles. The minimum atomic E-state index is -0.861. The zero-order valence-electron chi connectivity index (χ0n) is 14.5. The van der Waals surface area contributed by atoms with E-state index in [4.69, 9.17) is 4.74 Å². The van der Waals surface area contributed by atoms with Crippen LogP contribution < -0.4 is 10.1 Å². The normalized spacial score (nSPS) is 20.1. The highest BCUT2D eigenvalue weighted by atomic mass is 19.1. The van der Waals surface area contributed by atoms with Crippen molar-refractivity contribution < 1.29 is 23.8 Å². The van der Waals surface area contributed by atoms with Gasteiger partial charge in [0.05, 0.1) is 30.3 Å². The van der Waals surface area contributed by atoms with Gasteiger partial charge >= 0.3 is 5.97 Å². The number of ether oxygens (including phenoxy) is 1. The van der Waals surface area contributed by atoms with Crippen LogP contribution in [-0.2, 0) is 4.79 Å². The monoisotopic (exact) mass is 360 g/mol. The summed E-state index contributed by atoms with van der Waals surface area (Å²) < 4.78 is 19.5. The van der Waals surface area contributed by atoms with Crippen LogP contribution in [-0.4, -0.2) is 42.0 Å². The van der Waals surface area contributed by atoms with Crippen molar-refractivity contribution in [1.82, 2.24) is 10.3 Å². The SMILES string of the molecule is COc1ccc2ncc(F)c(C(=O)CC[C@@H]3CCNC[C@@H]3C(=O)O)c2c1. The maximum atomic E-state index is 14.3. The van der Waals surface area contributed by atoms with Gasteiger partial charge in [0.2, 0.25) is 0 Å². The third kappa shape index (κ3) is 3.67. The summed E-state index contributed by atoms with van der Waals surface area (Å²) in [6.45, 7) is 1.13. The summed E-state index contributed by atoms with van der Waals surface area (Å²) in [5, 5.41) is 12.8. The lowest BCUT2D eigenvalue weighted by molar-refractivity contribution is -0.144. The number of piperidine rings is 1. The quantitative estimate of drug-likeness (QED) is 0.770. The van der Waals surface area contributed by atoms with E-state index in [0.29, 0.717) is 36.0 Å². The van der Waals surface area contributed by atoms with E-state index in [1.54, 1.807) is 18.2 Å². The maximum Gasteiger partial charge on any atom is 0.308 e. The van der Waals surface area contributed by atoms with Gasteiger partial charge in [0.1, 0.15) is 5.75 Å². The average molecular weight is 360 g/mol. The highest BCUT2D eigenvalue weighted by Crippen LogP contribution is 2.29. The van der Waals surface area contributed by atoms with E-state index in [-0.39, 0.29) is 23.7 Å². The fraction of sp³-hybridized carbons (Fsp3) is 0.421. The highest BCUT2D eigenvalue weighted by Gasteiger charge is 2.31. The molecule has 0 spiro atoms. The van der Waals surface area contributed by atoms with E-state index in [2.05, 4.69) is 10.3 Å². The number of benzene rings is 1.